The average molecular weight is 502 g/mol. The van der Waals surface area contributed by atoms with Crippen molar-refractivity contribution in [1.29, 1.82) is 5.26 Å². The fraction of sp³-hybridized carbons (Fsp3) is 0.250. The molecule has 0 saturated carbocycles. The zero-order valence-corrected chi connectivity index (χ0v) is 20.4. The summed E-state index contributed by atoms with van der Waals surface area (Å²) in [5, 5.41) is 18.3. The van der Waals surface area contributed by atoms with E-state index in [1.165, 1.54) is 4.31 Å². The number of piperazine rings is 1. The SMILES string of the molecule is C#CCNS(=O)(=O)N1CCN(c2ccc(-c3cc(-c4cnn(C)c4)cn4ncc(C#N)c34)cn2)CC1. The first-order chi connectivity index (χ1) is 17.4. The quantitative estimate of drug-likeness (QED) is 0.394. The highest BCUT2D eigenvalue weighted by Gasteiger charge is 2.27. The lowest BCUT2D eigenvalue weighted by Gasteiger charge is -2.34. The van der Waals surface area contributed by atoms with E-state index in [4.69, 9.17) is 6.42 Å². The molecule has 5 rings (SSSR count). The Hall–Kier alpha value is -4.23. The molecular weight excluding hydrogens is 478 g/mol. The van der Waals surface area contributed by atoms with Gasteiger partial charge in [0.1, 0.15) is 11.9 Å². The molecule has 0 spiro atoms. The summed E-state index contributed by atoms with van der Waals surface area (Å²) in [6.45, 7) is 1.64. The van der Waals surface area contributed by atoms with E-state index < -0.39 is 10.2 Å². The second-order valence-corrected chi connectivity index (χ2v) is 10.1. The Morgan fingerprint density at radius 3 is 2.50 bits per heavy atom. The van der Waals surface area contributed by atoms with Crippen LogP contribution in [0.25, 0.3) is 27.8 Å². The minimum atomic E-state index is -3.59. The maximum atomic E-state index is 12.3. The van der Waals surface area contributed by atoms with Crippen molar-refractivity contribution in [2.45, 2.75) is 0 Å². The lowest BCUT2D eigenvalue weighted by Crippen LogP contribution is -2.52. The van der Waals surface area contributed by atoms with Crippen molar-refractivity contribution in [2.75, 3.05) is 37.6 Å². The van der Waals surface area contributed by atoms with Gasteiger partial charge in [-0.15, -0.1) is 6.42 Å². The van der Waals surface area contributed by atoms with Gasteiger partial charge in [-0.1, -0.05) is 5.92 Å². The van der Waals surface area contributed by atoms with Crippen molar-refractivity contribution in [3.63, 3.8) is 0 Å². The Kier molecular flexibility index (Phi) is 6.16. The minimum absolute atomic E-state index is 0.0362. The van der Waals surface area contributed by atoms with Crippen LogP contribution in [0.1, 0.15) is 5.56 Å². The number of rotatable bonds is 6. The Morgan fingerprint density at radius 2 is 1.86 bits per heavy atom. The number of nitrogens with one attached hydrogen (secondary N) is 1. The van der Waals surface area contributed by atoms with Crippen molar-refractivity contribution < 1.29 is 8.42 Å². The molecule has 5 heterocycles. The molecule has 0 atom stereocenters. The molecule has 4 aromatic rings. The van der Waals surface area contributed by atoms with Gasteiger partial charge in [0, 0.05) is 74.1 Å². The van der Waals surface area contributed by atoms with E-state index in [1.807, 2.05) is 42.5 Å². The highest BCUT2D eigenvalue weighted by atomic mass is 32.2. The molecule has 1 aliphatic rings. The molecule has 11 nitrogen and oxygen atoms in total. The molecule has 12 heteroatoms. The molecule has 0 aliphatic carbocycles. The highest BCUT2D eigenvalue weighted by molar-refractivity contribution is 7.87. The zero-order valence-electron chi connectivity index (χ0n) is 19.5. The van der Waals surface area contributed by atoms with Crippen LogP contribution >= 0.6 is 0 Å². The number of nitrogens with zero attached hydrogens (tertiary/aromatic N) is 8. The van der Waals surface area contributed by atoms with Crippen LogP contribution in [0.4, 0.5) is 5.82 Å². The third-order valence-electron chi connectivity index (χ3n) is 6.09. The first kappa shape index (κ1) is 23.5. The van der Waals surface area contributed by atoms with E-state index >= 15 is 0 Å². The van der Waals surface area contributed by atoms with Crippen molar-refractivity contribution in [2.24, 2.45) is 7.05 Å². The van der Waals surface area contributed by atoms with Crippen LogP contribution in [-0.2, 0) is 17.3 Å². The highest BCUT2D eigenvalue weighted by Crippen LogP contribution is 2.32. The van der Waals surface area contributed by atoms with Gasteiger partial charge >= 0.3 is 0 Å². The molecular formula is C24H23N9O2S. The third-order valence-corrected chi connectivity index (χ3v) is 7.64. The second kappa shape index (κ2) is 9.43. The van der Waals surface area contributed by atoms with Gasteiger partial charge in [-0.3, -0.25) is 4.68 Å². The van der Waals surface area contributed by atoms with Gasteiger partial charge in [0.05, 0.1) is 30.0 Å². The van der Waals surface area contributed by atoms with E-state index in [9.17, 15) is 13.7 Å². The van der Waals surface area contributed by atoms with Gasteiger partial charge in [0.2, 0.25) is 0 Å². The molecule has 36 heavy (non-hydrogen) atoms. The summed E-state index contributed by atoms with van der Waals surface area (Å²) in [6.07, 6.45) is 14.1. The van der Waals surface area contributed by atoms with Crippen LogP contribution in [0.5, 0.6) is 0 Å². The van der Waals surface area contributed by atoms with E-state index in [1.54, 1.807) is 27.8 Å². The summed E-state index contributed by atoms with van der Waals surface area (Å²) < 4.78 is 31.8. The van der Waals surface area contributed by atoms with E-state index in [0.29, 0.717) is 37.3 Å². The summed E-state index contributed by atoms with van der Waals surface area (Å²) in [5.74, 6) is 3.03. The van der Waals surface area contributed by atoms with Crippen LogP contribution in [0.2, 0.25) is 0 Å². The Balaban J connectivity index is 1.42. The number of hydrogen-bond donors (Lipinski definition) is 1. The van der Waals surface area contributed by atoms with Crippen molar-refractivity contribution in [3.05, 3.63) is 54.7 Å². The number of hydrogen-bond acceptors (Lipinski definition) is 7. The van der Waals surface area contributed by atoms with Crippen LogP contribution < -0.4 is 9.62 Å². The zero-order chi connectivity index (χ0) is 25.3. The summed E-state index contributed by atoms with van der Waals surface area (Å²) >= 11 is 0. The number of nitriles is 1. The maximum Gasteiger partial charge on any atom is 0.280 e. The number of anilines is 1. The summed E-state index contributed by atoms with van der Waals surface area (Å²) in [6, 6.07) is 8.09. The van der Waals surface area contributed by atoms with Gasteiger partial charge in [0.25, 0.3) is 10.2 Å². The molecule has 0 amide bonds. The topological polar surface area (TPSA) is 124 Å². The molecule has 0 bridgehead atoms. The minimum Gasteiger partial charge on any atom is -0.354 e. The average Bonchev–Trinajstić information content (AvgIpc) is 3.53. The second-order valence-electron chi connectivity index (χ2n) is 8.33. The van der Waals surface area contributed by atoms with Gasteiger partial charge in [0.15, 0.2) is 0 Å². The maximum absolute atomic E-state index is 12.3. The van der Waals surface area contributed by atoms with E-state index in [2.05, 4.69) is 31.9 Å². The molecule has 0 aromatic carbocycles. The molecule has 4 aromatic heterocycles. The molecule has 1 N–H and O–H groups in total. The number of aryl methyl sites for hydroxylation is 1. The van der Waals surface area contributed by atoms with Gasteiger partial charge in [-0.25, -0.2) is 9.50 Å². The smallest absolute Gasteiger partial charge is 0.280 e. The van der Waals surface area contributed by atoms with Crippen LogP contribution in [0.3, 0.4) is 0 Å². The Morgan fingerprint density at radius 1 is 1.06 bits per heavy atom. The van der Waals surface area contributed by atoms with Gasteiger partial charge in [-0.2, -0.15) is 32.9 Å². The molecule has 1 fully saturated rings. The van der Waals surface area contributed by atoms with Gasteiger partial charge < -0.3 is 4.90 Å². The summed E-state index contributed by atoms with van der Waals surface area (Å²) in [5.41, 5.74) is 4.70. The monoisotopic (exact) mass is 501 g/mol. The first-order valence-electron chi connectivity index (χ1n) is 11.2. The number of terminal acetylenes is 1. The van der Waals surface area contributed by atoms with Crippen molar-refractivity contribution in [3.8, 4) is 40.7 Å². The number of pyridine rings is 2. The fourth-order valence-electron chi connectivity index (χ4n) is 4.27. The standard InChI is InChI=1S/C24H23N9O2S/c1-3-6-29-36(34,35)32-9-7-31(8-10-32)23-5-4-18(13-26-23)22-11-19(21-15-27-30(2)16-21)17-33-24(22)20(12-25)14-28-33/h1,4-5,11,13-17,29H,6-10H2,2H3. The molecule has 0 radical (unpaired) electrons. The lowest BCUT2D eigenvalue weighted by molar-refractivity contribution is 0.379. The Labute approximate surface area is 208 Å². The molecule has 182 valence electrons. The first-order valence-corrected chi connectivity index (χ1v) is 12.6. The molecule has 1 saturated heterocycles. The predicted octanol–water partition coefficient (Wildman–Crippen LogP) is 1.26. The lowest BCUT2D eigenvalue weighted by atomic mass is 10.0. The number of fused-ring (bicyclic) bond motifs is 1. The van der Waals surface area contributed by atoms with Crippen molar-refractivity contribution in [1.82, 2.24) is 33.4 Å². The van der Waals surface area contributed by atoms with E-state index in [0.717, 1.165) is 28.1 Å². The van der Waals surface area contributed by atoms with Crippen molar-refractivity contribution >= 4 is 21.5 Å². The Bertz CT molecular complexity index is 1600. The molecule has 0 unspecified atom stereocenters. The van der Waals surface area contributed by atoms with Gasteiger partial charge in [-0.05, 0) is 18.2 Å². The fourth-order valence-corrected chi connectivity index (χ4v) is 5.36. The predicted molar refractivity (Wildman–Crippen MR) is 135 cm³/mol. The van der Waals surface area contributed by atoms with Crippen LogP contribution in [-0.4, -0.2) is 69.8 Å². The summed E-state index contributed by atoms with van der Waals surface area (Å²) in [4.78, 5) is 6.70. The van der Waals surface area contributed by atoms with E-state index in [-0.39, 0.29) is 6.54 Å². The summed E-state index contributed by atoms with van der Waals surface area (Å²) in [7, 11) is -1.73. The molecule has 1 aliphatic heterocycles. The van der Waals surface area contributed by atoms with Crippen LogP contribution in [0.15, 0.2) is 49.2 Å². The normalized spacial score (nSPS) is 14.6. The number of aromatic nitrogens is 5. The van der Waals surface area contributed by atoms with Crippen LogP contribution in [0, 0.1) is 23.7 Å². The third kappa shape index (κ3) is 4.41. The largest absolute Gasteiger partial charge is 0.354 e.